The summed E-state index contributed by atoms with van der Waals surface area (Å²) >= 11 is 3.39. The number of rotatable bonds is 6. The number of nitrogens with zero attached hydrogens (tertiary/aromatic N) is 1. The van der Waals surface area contributed by atoms with Crippen LogP contribution in [0.1, 0.15) is 35.7 Å². The van der Waals surface area contributed by atoms with Crippen LogP contribution in [-0.4, -0.2) is 29.6 Å². The van der Waals surface area contributed by atoms with Crippen molar-refractivity contribution in [3.8, 4) is 5.75 Å². The Morgan fingerprint density at radius 2 is 2.07 bits per heavy atom. The van der Waals surface area contributed by atoms with Crippen LogP contribution in [0.3, 0.4) is 0 Å². The molecule has 2 N–H and O–H groups in total. The number of hydrazine groups is 1. The van der Waals surface area contributed by atoms with Crippen LogP contribution in [0, 0.1) is 6.92 Å². The molecule has 1 heterocycles. The van der Waals surface area contributed by atoms with Crippen LogP contribution in [-0.2, 0) is 4.79 Å². The second-order valence-corrected chi connectivity index (χ2v) is 7.32. The highest BCUT2D eigenvalue weighted by Crippen LogP contribution is 2.28. The molecule has 2 aromatic carbocycles. The van der Waals surface area contributed by atoms with Crippen molar-refractivity contribution in [3.63, 3.8) is 0 Å². The summed E-state index contributed by atoms with van der Waals surface area (Å²) in [5, 5.41) is 4.69. The number of amides is 2. The van der Waals surface area contributed by atoms with Gasteiger partial charge in [0.1, 0.15) is 11.9 Å². The Balaban J connectivity index is 1.72. The first-order valence-electron chi connectivity index (χ1n) is 8.87. The molecule has 7 heteroatoms. The fourth-order valence-corrected chi connectivity index (χ4v) is 3.33. The number of benzene rings is 2. The van der Waals surface area contributed by atoms with Gasteiger partial charge in [0.05, 0.1) is 5.56 Å². The Labute approximate surface area is 167 Å². The third-order valence-electron chi connectivity index (χ3n) is 4.32. The van der Waals surface area contributed by atoms with Crippen LogP contribution in [0.4, 0.5) is 5.69 Å². The van der Waals surface area contributed by atoms with E-state index in [0.29, 0.717) is 17.7 Å². The summed E-state index contributed by atoms with van der Waals surface area (Å²) in [6.07, 6.45) is 1.27. The molecule has 0 spiro atoms. The van der Waals surface area contributed by atoms with Crippen molar-refractivity contribution in [3.05, 3.63) is 58.1 Å². The average Bonchev–Trinajstić information content (AvgIpc) is 2.65. The van der Waals surface area contributed by atoms with E-state index >= 15 is 0 Å². The Morgan fingerprint density at radius 1 is 1.30 bits per heavy atom. The minimum Gasteiger partial charge on any atom is -0.483 e. The molecule has 0 fully saturated rings. The van der Waals surface area contributed by atoms with Crippen LogP contribution in [0.5, 0.6) is 5.75 Å². The normalized spacial score (nSPS) is 15.7. The minimum absolute atomic E-state index is 0.168. The molecule has 1 aliphatic rings. The Bertz CT molecular complexity index is 856. The first-order valence-corrected chi connectivity index (χ1v) is 9.66. The maximum atomic E-state index is 12.9. The van der Waals surface area contributed by atoms with E-state index in [1.165, 1.54) is 5.01 Å². The average molecular weight is 432 g/mol. The summed E-state index contributed by atoms with van der Waals surface area (Å²) in [4.78, 5) is 25.3. The van der Waals surface area contributed by atoms with Crippen molar-refractivity contribution < 1.29 is 14.3 Å². The minimum atomic E-state index is -0.382. The number of carbonyl (C=O) groups is 2. The van der Waals surface area contributed by atoms with Crippen molar-refractivity contribution >= 4 is 33.4 Å². The molecular formula is C20H22BrN3O3. The van der Waals surface area contributed by atoms with E-state index in [0.717, 1.165) is 22.1 Å². The second kappa shape index (κ2) is 8.43. The molecule has 3 rings (SSSR count). The number of para-hydroxylation sites is 1. The first-order chi connectivity index (χ1) is 13.0. The molecule has 1 aliphatic heterocycles. The molecular weight excluding hydrogens is 410 g/mol. The molecule has 0 saturated carbocycles. The summed E-state index contributed by atoms with van der Waals surface area (Å²) in [6.45, 7) is 3.78. The molecule has 0 radical (unpaired) electrons. The van der Waals surface area contributed by atoms with Gasteiger partial charge in [0.15, 0.2) is 6.61 Å². The lowest BCUT2D eigenvalue weighted by atomic mass is 10.1. The molecule has 1 atom stereocenters. The summed E-state index contributed by atoms with van der Waals surface area (Å²) in [7, 11) is 0. The highest BCUT2D eigenvalue weighted by molar-refractivity contribution is 9.10. The van der Waals surface area contributed by atoms with E-state index in [4.69, 9.17) is 4.74 Å². The van der Waals surface area contributed by atoms with Crippen molar-refractivity contribution in [1.29, 1.82) is 0 Å². The number of ether oxygens (including phenoxy) is 1. The third-order valence-corrected chi connectivity index (χ3v) is 4.82. The number of carbonyl (C=O) groups excluding carboxylic acids is 2. The van der Waals surface area contributed by atoms with Crippen molar-refractivity contribution in [1.82, 2.24) is 10.4 Å². The fraction of sp³-hybridized carbons (Fsp3) is 0.300. The Morgan fingerprint density at radius 3 is 2.81 bits per heavy atom. The zero-order valence-electron chi connectivity index (χ0n) is 15.3. The quantitative estimate of drug-likeness (QED) is 0.728. The van der Waals surface area contributed by atoms with Gasteiger partial charge in [-0.25, -0.2) is 5.01 Å². The summed E-state index contributed by atoms with van der Waals surface area (Å²) in [5.74, 6) is 0.0239. The highest BCUT2D eigenvalue weighted by Gasteiger charge is 2.33. The monoisotopic (exact) mass is 431 g/mol. The fourth-order valence-electron chi connectivity index (χ4n) is 2.97. The predicted octanol–water partition coefficient (Wildman–Crippen LogP) is 3.86. The van der Waals surface area contributed by atoms with Crippen molar-refractivity contribution in [2.24, 2.45) is 0 Å². The van der Waals surface area contributed by atoms with E-state index in [2.05, 4.69) is 26.7 Å². The van der Waals surface area contributed by atoms with E-state index in [-0.39, 0.29) is 24.6 Å². The third kappa shape index (κ3) is 4.42. The van der Waals surface area contributed by atoms with Crippen molar-refractivity contribution in [2.75, 3.05) is 11.9 Å². The van der Waals surface area contributed by atoms with E-state index < -0.39 is 0 Å². The number of halogens is 1. The second-order valence-electron chi connectivity index (χ2n) is 6.40. The largest absolute Gasteiger partial charge is 0.483 e. The van der Waals surface area contributed by atoms with Gasteiger partial charge < -0.3 is 10.1 Å². The molecule has 0 aromatic heterocycles. The molecule has 27 heavy (non-hydrogen) atoms. The van der Waals surface area contributed by atoms with Gasteiger partial charge in [-0.05, 0) is 43.2 Å². The topological polar surface area (TPSA) is 70.7 Å². The number of aryl methyl sites for hydroxylation is 1. The molecule has 0 saturated heterocycles. The number of anilines is 1. The van der Waals surface area contributed by atoms with Crippen molar-refractivity contribution in [2.45, 2.75) is 32.9 Å². The molecule has 0 aliphatic carbocycles. The van der Waals surface area contributed by atoms with Gasteiger partial charge in [0.2, 0.25) is 0 Å². The van der Waals surface area contributed by atoms with Gasteiger partial charge in [-0.3, -0.25) is 15.0 Å². The summed E-state index contributed by atoms with van der Waals surface area (Å²) < 4.78 is 6.39. The molecule has 2 amide bonds. The number of nitrogens with one attached hydrogen (secondary N) is 2. The maximum Gasteiger partial charge on any atom is 0.276 e. The van der Waals surface area contributed by atoms with Gasteiger partial charge in [0.25, 0.3) is 11.8 Å². The smallest absolute Gasteiger partial charge is 0.276 e. The molecule has 142 valence electrons. The first kappa shape index (κ1) is 19.2. The van der Waals surface area contributed by atoms with Gasteiger partial charge >= 0.3 is 0 Å². The maximum absolute atomic E-state index is 12.9. The van der Waals surface area contributed by atoms with Crippen LogP contribution in [0.25, 0.3) is 0 Å². The Hall–Kier alpha value is -2.54. The lowest BCUT2D eigenvalue weighted by Crippen LogP contribution is -2.58. The van der Waals surface area contributed by atoms with Gasteiger partial charge in [-0.15, -0.1) is 0 Å². The molecule has 1 unspecified atom stereocenters. The number of hydrogen-bond donors (Lipinski definition) is 2. The Kier molecular flexibility index (Phi) is 6.01. The van der Waals surface area contributed by atoms with Crippen LogP contribution < -0.4 is 15.5 Å². The molecule has 6 nitrogen and oxygen atoms in total. The standard InChI is InChI=1S/C20H22BrN3O3/c1-3-6-18-22-16-10-9-14(21)11-15(16)20(26)24(18)23-19(25)12-27-17-8-5-4-7-13(17)2/h4-5,7-11,18,22H,3,6,12H2,1-2H3,(H,23,25). The van der Waals surface area contributed by atoms with E-state index in [1.807, 2.05) is 50.2 Å². The summed E-state index contributed by atoms with van der Waals surface area (Å²) in [5.41, 5.74) is 4.92. The van der Waals surface area contributed by atoms with E-state index in [1.54, 1.807) is 6.07 Å². The zero-order valence-corrected chi connectivity index (χ0v) is 16.9. The predicted molar refractivity (Wildman–Crippen MR) is 107 cm³/mol. The SMILES string of the molecule is CCCC1Nc2ccc(Br)cc2C(=O)N1NC(=O)COc1ccccc1C. The number of fused-ring (bicyclic) bond motifs is 1. The van der Waals surface area contributed by atoms with Crippen LogP contribution in [0.15, 0.2) is 46.9 Å². The number of hydrogen-bond acceptors (Lipinski definition) is 4. The molecule has 2 aromatic rings. The van der Waals surface area contributed by atoms with E-state index in [9.17, 15) is 9.59 Å². The molecule has 0 bridgehead atoms. The lowest BCUT2D eigenvalue weighted by Gasteiger charge is -2.37. The zero-order chi connectivity index (χ0) is 19.4. The van der Waals surface area contributed by atoms with Crippen LogP contribution in [0.2, 0.25) is 0 Å². The highest BCUT2D eigenvalue weighted by atomic mass is 79.9. The van der Waals surface area contributed by atoms with Gasteiger partial charge in [0, 0.05) is 10.2 Å². The van der Waals surface area contributed by atoms with Crippen LogP contribution >= 0.6 is 15.9 Å². The lowest BCUT2D eigenvalue weighted by molar-refractivity contribution is -0.127. The summed E-state index contributed by atoms with van der Waals surface area (Å²) in [6, 6.07) is 13.0. The van der Waals surface area contributed by atoms with Gasteiger partial charge in [-0.1, -0.05) is 47.5 Å². The van der Waals surface area contributed by atoms with Gasteiger partial charge in [-0.2, -0.15) is 0 Å².